The van der Waals surface area contributed by atoms with E-state index in [4.69, 9.17) is 5.14 Å². The highest BCUT2D eigenvalue weighted by Crippen LogP contribution is 2.50. The lowest BCUT2D eigenvalue weighted by Gasteiger charge is -2.19. The van der Waals surface area contributed by atoms with E-state index in [-0.39, 0.29) is 29.4 Å². The van der Waals surface area contributed by atoms with Crippen LogP contribution in [0.1, 0.15) is 54.6 Å². The summed E-state index contributed by atoms with van der Waals surface area (Å²) in [7, 11) is -4.05. The molecule has 13 heteroatoms. The number of carbonyl (C=O) groups excluding carboxylic acids is 1. The summed E-state index contributed by atoms with van der Waals surface area (Å²) in [5.41, 5.74) is -0.314. The van der Waals surface area contributed by atoms with E-state index in [1.165, 1.54) is 0 Å². The lowest BCUT2D eigenvalue weighted by Crippen LogP contribution is -2.22. The number of anilines is 1. The van der Waals surface area contributed by atoms with Gasteiger partial charge in [-0.2, -0.15) is 18.3 Å². The van der Waals surface area contributed by atoms with Gasteiger partial charge in [0, 0.05) is 17.8 Å². The maximum absolute atomic E-state index is 14.0. The van der Waals surface area contributed by atoms with Gasteiger partial charge in [0.15, 0.2) is 15.7 Å². The van der Waals surface area contributed by atoms with Crippen LogP contribution in [0, 0.1) is 5.82 Å². The molecule has 0 radical (unpaired) electrons. The summed E-state index contributed by atoms with van der Waals surface area (Å²) in [6, 6.07) is -1.23. The van der Waals surface area contributed by atoms with E-state index in [2.05, 4.69) is 19.8 Å². The number of aryl methyl sites for hydroxylation is 2. The van der Waals surface area contributed by atoms with Crippen molar-refractivity contribution in [1.82, 2.24) is 14.8 Å². The second-order valence-corrected chi connectivity index (χ2v) is 9.23. The number of carbonyl (C=O) groups is 1. The van der Waals surface area contributed by atoms with Crippen molar-refractivity contribution in [2.45, 2.75) is 62.7 Å². The first-order valence-electron chi connectivity index (χ1n) is 9.73. The number of pyridine rings is 1. The zero-order valence-corrected chi connectivity index (χ0v) is 17.3. The molecule has 2 heterocycles. The highest BCUT2D eigenvalue weighted by atomic mass is 32.2. The van der Waals surface area contributed by atoms with Crippen molar-refractivity contribution in [1.29, 1.82) is 0 Å². The number of amides is 2. The minimum Gasteiger partial charge on any atom is -0.305 e. The Hall–Kier alpha value is -2.54. The Morgan fingerprint density at radius 3 is 2.68 bits per heavy atom. The average molecular weight is 460 g/mol. The molecule has 0 bridgehead atoms. The Morgan fingerprint density at radius 2 is 2.10 bits per heavy atom. The number of aromatic nitrogens is 3. The van der Waals surface area contributed by atoms with Crippen LogP contribution in [0.15, 0.2) is 15.6 Å². The predicted octanol–water partition coefficient (Wildman–Crippen LogP) is 3.75. The lowest BCUT2D eigenvalue weighted by atomic mass is 10.00. The molecule has 2 aliphatic carbocycles. The molecule has 31 heavy (non-hydrogen) atoms. The van der Waals surface area contributed by atoms with Gasteiger partial charge in [-0.05, 0) is 50.5 Å². The molecule has 1 fully saturated rings. The summed E-state index contributed by atoms with van der Waals surface area (Å²) < 4.78 is 72.3. The summed E-state index contributed by atoms with van der Waals surface area (Å²) in [6.45, 7) is 1.94. The van der Waals surface area contributed by atoms with Crippen molar-refractivity contribution in [3.63, 3.8) is 0 Å². The molecule has 2 amide bonds. The molecule has 2 aliphatic rings. The fourth-order valence-electron chi connectivity index (χ4n) is 3.76. The molecule has 168 valence electrons. The van der Waals surface area contributed by atoms with E-state index < -0.39 is 38.7 Å². The number of fused-ring (bicyclic) bond motifs is 1. The minimum absolute atomic E-state index is 0.000773. The third-order valence-corrected chi connectivity index (χ3v) is 6.52. The number of rotatable bonds is 4. The third kappa shape index (κ3) is 4.15. The number of urea groups is 1. The Morgan fingerprint density at radius 1 is 1.39 bits per heavy atom. The van der Waals surface area contributed by atoms with E-state index in [0.29, 0.717) is 37.7 Å². The fraction of sp³-hybridized carbons (Fsp3) is 0.500. The zero-order chi connectivity index (χ0) is 22.6. The molecular formula is C18H20F4N6O2S. The van der Waals surface area contributed by atoms with Gasteiger partial charge >= 0.3 is 12.2 Å². The van der Waals surface area contributed by atoms with Crippen molar-refractivity contribution < 1.29 is 26.6 Å². The minimum atomic E-state index is -4.69. The first kappa shape index (κ1) is 21.7. The molecule has 0 spiro atoms. The van der Waals surface area contributed by atoms with Crippen LogP contribution in [0.5, 0.6) is 0 Å². The predicted molar refractivity (Wildman–Crippen MR) is 103 cm³/mol. The van der Waals surface area contributed by atoms with Crippen LogP contribution in [0.25, 0.3) is 0 Å². The number of hydrogen-bond donors (Lipinski definition) is 2. The fourth-order valence-corrected chi connectivity index (χ4v) is 4.69. The van der Waals surface area contributed by atoms with E-state index in [1.807, 2.05) is 0 Å². The number of nitrogens with one attached hydrogen (secondary N) is 1. The number of hydrogen-bond acceptors (Lipinski definition) is 4. The first-order valence-corrected chi connectivity index (χ1v) is 11.3. The molecule has 0 saturated heterocycles. The van der Waals surface area contributed by atoms with Crippen LogP contribution in [0.2, 0.25) is 0 Å². The van der Waals surface area contributed by atoms with E-state index in [0.717, 1.165) is 10.9 Å². The van der Waals surface area contributed by atoms with E-state index in [9.17, 15) is 26.6 Å². The van der Waals surface area contributed by atoms with Crippen LogP contribution in [0.4, 0.5) is 28.0 Å². The van der Waals surface area contributed by atoms with Crippen molar-refractivity contribution in [3.8, 4) is 0 Å². The lowest BCUT2D eigenvalue weighted by molar-refractivity contribution is -0.141. The van der Waals surface area contributed by atoms with E-state index in [1.54, 1.807) is 6.92 Å². The number of nitrogens with zero attached hydrogens (tertiary/aromatic N) is 4. The van der Waals surface area contributed by atoms with Crippen molar-refractivity contribution in [2.75, 3.05) is 5.32 Å². The van der Waals surface area contributed by atoms with Gasteiger partial charge in [-0.25, -0.2) is 23.5 Å². The maximum Gasteiger partial charge on any atom is 0.433 e. The third-order valence-electron chi connectivity index (χ3n) is 5.25. The van der Waals surface area contributed by atoms with Crippen LogP contribution in [-0.4, -0.2) is 25.0 Å². The van der Waals surface area contributed by atoms with Gasteiger partial charge in [0.1, 0.15) is 5.69 Å². The van der Waals surface area contributed by atoms with Crippen LogP contribution >= 0.6 is 0 Å². The zero-order valence-electron chi connectivity index (χ0n) is 16.5. The van der Waals surface area contributed by atoms with Gasteiger partial charge in [0.25, 0.3) is 0 Å². The molecule has 4 rings (SSSR count). The highest BCUT2D eigenvalue weighted by Gasteiger charge is 2.43. The number of nitrogens with two attached hydrogens (primary N) is 1. The number of alkyl halides is 3. The van der Waals surface area contributed by atoms with Crippen LogP contribution < -0.4 is 10.5 Å². The maximum atomic E-state index is 14.0. The van der Waals surface area contributed by atoms with Crippen LogP contribution in [-0.2, 0) is 35.5 Å². The van der Waals surface area contributed by atoms with Crippen molar-refractivity contribution in [3.05, 3.63) is 34.5 Å². The van der Waals surface area contributed by atoms with Gasteiger partial charge in [-0.1, -0.05) is 0 Å². The molecule has 0 aromatic carbocycles. The van der Waals surface area contributed by atoms with Gasteiger partial charge in [-0.15, -0.1) is 4.36 Å². The molecular weight excluding hydrogens is 440 g/mol. The molecule has 1 saturated carbocycles. The van der Waals surface area contributed by atoms with Gasteiger partial charge in [0.2, 0.25) is 5.03 Å². The quantitative estimate of drug-likeness (QED) is 0.676. The van der Waals surface area contributed by atoms with Gasteiger partial charge < -0.3 is 5.32 Å². The molecule has 1 atom stereocenters. The Balaban J connectivity index is 1.76. The molecule has 0 aliphatic heterocycles. The summed E-state index contributed by atoms with van der Waals surface area (Å²) in [5.74, 6) is -1.38. The summed E-state index contributed by atoms with van der Waals surface area (Å²) in [4.78, 5) is 16.4. The topological polar surface area (TPSA) is 115 Å². The Kier molecular flexibility index (Phi) is 5.28. The molecule has 2 aromatic heterocycles. The summed E-state index contributed by atoms with van der Waals surface area (Å²) in [5, 5.41) is 11.0. The van der Waals surface area contributed by atoms with Gasteiger partial charge in [0.05, 0.1) is 11.9 Å². The van der Waals surface area contributed by atoms with Gasteiger partial charge in [-0.3, -0.25) is 4.68 Å². The van der Waals surface area contributed by atoms with Crippen LogP contribution in [0.3, 0.4) is 0 Å². The SMILES string of the molecule is CCn1cc(F)c([S@@](N)(=O)=NC(=O)Nc2c3c(nc(C(F)(F)F)c2C2CC2)CCC3)n1. The monoisotopic (exact) mass is 460 g/mol. The first-order chi connectivity index (χ1) is 14.5. The molecule has 2 aromatic rings. The second kappa shape index (κ2) is 7.55. The second-order valence-electron chi connectivity index (χ2n) is 7.53. The standard InChI is InChI=1S/C18H20F4N6O2S/c1-2-28-8-11(19)16(26-28)31(23,30)27-17(29)25-14-10-4-3-5-12(10)24-15(18(20,21)22)13(14)9-6-7-9/h8-9H,2-7H2,1H3,(H3,23,24,25,27,29,30)/t31-/m0/s1. The molecule has 8 nitrogen and oxygen atoms in total. The van der Waals surface area contributed by atoms with E-state index >= 15 is 0 Å². The van der Waals surface area contributed by atoms with Crippen molar-refractivity contribution in [2.24, 2.45) is 9.50 Å². The Bertz CT molecular complexity index is 1180. The highest BCUT2D eigenvalue weighted by molar-refractivity contribution is 7.91. The summed E-state index contributed by atoms with van der Waals surface area (Å²) in [6.07, 6.45) is -1.25. The van der Waals surface area contributed by atoms with Crippen molar-refractivity contribution >= 4 is 21.6 Å². The molecule has 3 N–H and O–H groups in total. The average Bonchev–Trinajstić information content (AvgIpc) is 3.24. The smallest absolute Gasteiger partial charge is 0.305 e. The number of halogens is 4. The normalized spacial score (nSPS) is 17.9. The Labute approximate surface area is 175 Å². The summed E-state index contributed by atoms with van der Waals surface area (Å²) >= 11 is 0. The largest absolute Gasteiger partial charge is 0.433 e. The molecule has 0 unspecified atom stereocenters.